The molecule has 0 aromatic heterocycles. The van der Waals surface area contributed by atoms with E-state index in [2.05, 4.69) is 141 Å². The number of rotatable bonds is 5. The third-order valence-electron chi connectivity index (χ3n) is 2.91. The average Bonchev–Trinajstić information content (AvgIpc) is 2.23. The molecule has 0 amide bonds. The summed E-state index contributed by atoms with van der Waals surface area (Å²) in [7, 11) is 0. The van der Waals surface area contributed by atoms with Gasteiger partial charge in [-0.3, -0.25) is 0 Å². The molecule has 10 heteroatoms. The molecule has 5 unspecified atom stereocenters. The Kier molecular flexibility index (Phi) is 6.89. The highest BCUT2D eigenvalue weighted by atomic mass is 79.9. The zero-order valence-corrected chi connectivity index (χ0v) is 21.5. The summed E-state index contributed by atoms with van der Waals surface area (Å²) in [6.45, 7) is 2.22. The lowest BCUT2D eigenvalue weighted by atomic mass is 10.2. The summed E-state index contributed by atoms with van der Waals surface area (Å²) in [5.74, 6) is 0. The summed E-state index contributed by atoms with van der Waals surface area (Å²) in [5, 5.41) is 0. The molecule has 4 aliphatic rings. The first-order valence-electron chi connectivity index (χ1n) is 5.98. The van der Waals surface area contributed by atoms with Crippen LogP contribution in [0.25, 0.3) is 0 Å². The van der Waals surface area contributed by atoms with Crippen molar-refractivity contribution in [3.63, 3.8) is 0 Å². The first-order valence-corrected chi connectivity index (χ1v) is 14.8. The van der Waals surface area contributed by atoms with Gasteiger partial charge in [0.15, 0.2) is 2.32 Å². The molecular formula is C10H12Br4S6. The van der Waals surface area contributed by atoms with E-state index in [9.17, 15) is 0 Å². The average molecular weight is 644 g/mol. The van der Waals surface area contributed by atoms with E-state index in [0.717, 1.165) is 0 Å². The van der Waals surface area contributed by atoms with E-state index < -0.39 is 0 Å². The third-order valence-corrected chi connectivity index (χ3v) is 18.4. The van der Waals surface area contributed by atoms with Gasteiger partial charge in [-0.15, -0.1) is 35.3 Å². The predicted molar refractivity (Wildman–Crippen MR) is 121 cm³/mol. The van der Waals surface area contributed by atoms with Crippen LogP contribution in [0.3, 0.4) is 0 Å². The van der Waals surface area contributed by atoms with Gasteiger partial charge in [0, 0.05) is 14.5 Å². The van der Waals surface area contributed by atoms with Crippen molar-refractivity contribution in [3.8, 4) is 0 Å². The fourth-order valence-corrected chi connectivity index (χ4v) is 27.7. The second-order valence-corrected chi connectivity index (χ2v) is 22.8. The van der Waals surface area contributed by atoms with Crippen LogP contribution in [0, 0.1) is 0 Å². The van der Waals surface area contributed by atoms with Crippen molar-refractivity contribution < 1.29 is 0 Å². The van der Waals surface area contributed by atoms with Crippen molar-refractivity contribution in [2.24, 2.45) is 0 Å². The Hall–Kier alpha value is 4.02. The first-order chi connectivity index (χ1) is 9.30. The highest BCUT2D eigenvalue weighted by Crippen LogP contribution is 2.84. The molecule has 0 aromatic carbocycles. The maximum absolute atomic E-state index is 4.02. The molecule has 4 saturated heterocycles. The summed E-state index contributed by atoms with van der Waals surface area (Å²) in [6, 6.07) is 0. The van der Waals surface area contributed by atoms with E-state index in [0.29, 0.717) is 22.3 Å². The molecule has 5 atom stereocenters. The summed E-state index contributed by atoms with van der Waals surface area (Å²) >= 11 is 28.2. The van der Waals surface area contributed by atoms with Gasteiger partial charge >= 0.3 is 0 Å². The SMILES string of the molecule is CC(Br)CC(Br)CC(Br)C12SC3SC(SC(Br)(S3)S1)S2. The molecule has 0 aliphatic carbocycles. The van der Waals surface area contributed by atoms with E-state index >= 15 is 0 Å². The van der Waals surface area contributed by atoms with E-state index in [1.165, 1.54) is 12.8 Å². The Morgan fingerprint density at radius 2 is 1.60 bits per heavy atom. The summed E-state index contributed by atoms with van der Waals surface area (Å²) in [4.78, 5) is 1.66. The normalized spacial score (nSPS) is 47.2. The van der Waals surface area contributed by atoms with Crippen molar-refractivity contribution in [3.05, 3.63) is 0 Å². The van der Waals surface area contributed by atoms with Gasteiger partial charge in [0.05, 0.1) is 0 Å². The highest BCUT2D eigenvalue weighted by molar-refractivity contribution is 9.17. The van der Waals surface area contributed by atoms with Crippen LogP contribution < -0.4 is 0 Å². The van der Waals surface area contributed by atoms with Crippen LogP contribution in [0.15, 0.2) is 0 Å². The molecule has 0 spiro atoms. The van der Waals surface area contributed by atoms with Crippen molar-refractivity contribution in [2.45, 2.75) is 47.8 Å². The maximum Gasteiger partial charge on any atom is 0.168 e. The predicted octanol–water partition coefficient (Wildman–Crippen LogP) is 7.74. The van der Waals surface area contributed by atoms with Crippen molar-refractivity contribution in [2.75, 3.05) is 0 Å². The smallest absolute Gasteiger partial charge is 0.111 e. The van der Waals surface area contributed by atoms with Gasteiger partial charge in [0.2, 0.25) is 0 Å². The zero-order chi connectivity index (χ0) is 14.5. The minimum atomic E-state index is 0.167. The fraction of sp³-hybridized carbons (Fsp3) is 1.00. The maximum atomic E-state index is 4.02. The van der Waals surface area contributed by atoms with Gasteiger partial charge in [0.25, 0.3) is 0 Å². The molecule has 116 valence electrons. The van der Waals surface area contributed by atoms with E-state index in [1.54, 1.807) is 0 Å². The summed E-state index contributed by atoms with van der Waals surface area (Å²) in [6.07, 6.45) is 2.34. The largest absolute Gasteiger partial charge is 0.168 e. The van der Waals surface area contributed by atoms with Crippen LogP contribution in [-0.4, -0.2) is 28.0 Å². The van der Waals surface area contributed by atoms with Crippen molar-refractivity contribution >= 4 is 134 Å². The van der Waals surface area contributed by atoms with Crippen LogP contribution in [0.4, 0.5) is 0 Å². The number of hydrogen-bond donors (Lipinski definition) is 0. The van der Waals surface area contributed by atoms with Crippen LogP contribution in [0.5, 0.6) is 0 Å². The van der Waals surface area contributed by atoms with E-state index in [4.69, 9.17) is 0 Å². The highest BCUT2D eigenvalue weighted by Gasteiger charge is 2.63. The minimum absolute atomic E-state index is 0.167. The van der Waals surface area contributed by atoms with E-state index in [-0.39, 0.29) is 5.73 Å². The third kappa shape index (κ3) is 4.22. The molecule has 4 bridgehead atoms. The van der Waals surface area contributed by atoms with Crippen molar-refractivity contribution in [1.82, 2.24) is 0 Å². The minimum Gasteiger partial charge on any atom is -0.111 e. The number of hydrogen-bond acceptors (Lipinski definition) is 6. The van der Waals surface area contributed by atoms with Gasteiger partial charge in [-0.25, -0.2) is 0 Å². The molecule has 0 nitrogen and oxygen atoms in total. The van der Waals surface area contributed by atoms with Gasteiger partial charge < -0.3 is 0 Å². The molecular weight excluding hydrogens is 632 g/mol. The Morgan fingerprint density at radius 1 is 1.00 bits per heavy atom. The molecule has 4 fully saturated rings. The number of alkyl halides is 4. The van der Waals surface area contributed by atoms with E-state index in [1.807, 2.05) is 0 Å². The van der Waals surface area contributed by atoms with Gasteiger partial charge in [-0.2, -0.15) is 0 Å². The van der Waals surface area contributed by atoms with Crippen LogP contribution in [0.2, 0.25) is 0 Å². The molecule has 0 saturated carbocycles. The van der Waals surface area contributed by atoms with Crippen LogP contribution >= 0.6 is 134 Å². The summed E-state index contributed by atoms with van der Waals surface area (Å²) < 4.78 is 1.77. The second kappa shape index (κ2) is 7.33. The topological polar surface area (TPSA) is 0 Å². The zero-order valence-electron chi connectivity index (χ0n) is 10.3. The Balaban J connectivity index is 1.69. The number of thioether (sulfide) groups is 6. The lowest BCUT2D eigenvalue weighted by molar-refractivity contribution is 0.697. The Labute approximate surface area is 179 Å². The summed E-state index contributed by atoms with van der Waals surface area (Å²) in [5.41, 5.74) is 0. The van der Waals surface area contributed by atoms with Gasteiger partial charge in [-0.05, 0) is 28.8 Å². The molecule has 4 heterocycles. The molecule has 4 aliphatic heterocycles. The van der Waals surface area contributed by atoms with Crippen molar-refractivity contribution in [1.29, 1.82) is 0 Å². The molecule has 0 radical (unpaired) electrons. The lowest BCUT2D eigenvalue weighted by Gasteiger charge is -2.58. The van der Waals surface area contributed by atoms with Gasteiger partial charge in [-0.1, -0.05) is 90.0 Å². The number of halogens is 4. The Bertz CT molecular complexity index is 369. The first kappa shape index (κ1) is 18.8. The van der Waals surface area contributed by atoms with Gasteiger partial charge in [0.1, 0.15) is 11.2 Å². The Morgan fingerprint density at radius 3 is 2.10 bits per heavy atom. The van der Waals surface area contributed by atoms with Crippen LogP contribution in [-0.2, 0) is 0 Å². The van der Waals surface area contributed by atoms with Crippen LogP contribution in [0.1, 0.15) is 19.8 Å². The second-order valence-electron chi connectivity index (χ2n) is 4.69. The standard InChI is InChI=1S/C10H12Br4S6/c1-4(11)2-5(12)3-6(13)9-16-7-15-8(17-9)19-10(14,18-7)20-9/h4-8H,2-3H2,1H3. The molecule has 20 heavy (non-hydrogen) atoms. The molecule has 4 rings (SSSR count). The lowest BCUT2D eigenvalue weighted by Crippen LogP contribution is -2.46. The monoisotopic (exact) mass is 640 g/mol. The quantitative estimate of drug-likeness (QED) is 0.279. The molecule has 0 N–H and O–H groups in total. The fourth-order valence-electron chi connectivity index (χ4n) is 2.10. The molecule has 0 aromatic rings.